The van der Waals surface area contributed by atoms with Gasteiger partial charge in [0.2, 0.25) is 0 Å². The van der Waals surface area contributed by atoms with E-state index < -0.39 is 0 Å². The second-order valence-electron chi connectivity index (χ2n) is 4.51. The third-order valence-corrected chi connectivity index (χ3v) is 3.05. The molecule has 3 rings (SSSR count). The molecule has 1 atom stereocenters. The van der Waals surface area contributed by atoms with E-state index in [0.717, 1.165) is 43.9 Å². The first kappa shape index (κ1) is 11.5. The van der Waals surface area contributed by atoms with Crippen LogP contribution in [-0.2, 0) is 4.74 Å². The Labute approximate surface area is 106 Å². The molecule has 1 aromatic heterocycles. The van der Waals surface area contributed by atoms with Crippen molar-refractivity contribution < 1.29 is 9.15 Å². The zero-order valence-electron chi connectivity index (χ0n) is 10.2. The molecular formula is C13H17N3O2. The van der Waals surface area contributed by atoms with E-state index in [1.165, 1.54) is 0 Å². The van der Waals surface area contributed by atoms with Crippen LogP contribution in [0.15, 0.2) is 28.7 Å². The maximum Gasteiger partial charge on any atom is 0.295 e. The lowest BCUT2D eigenvalue weighted by molar-refractivity contribution is 0.127. The average molecular weight is 247 g/mol. The second-order valence-corrected chi connectivity index (χ2v) is 4.51. The minimum Gasteiger partial charge on any atom is -0.424 e. The smallest absolute Gasteiger partial charge is 0.295 e. The van der Waals surface area contributed by atoms with Crippen LogP contribution in [0, 0.1) is 5.92 Å². The number of para-hydroxylation sites is 2. The summed E-state index contributed by atoms with van der Waals surface area (Å²) in [7, 11) is 0. The van der Waals surface area contributed by atoms with Gasteiger partial charge in [-0.25, -0.2) is 0 Å². The van der Waals surface area contributed by atoms with E-state index >= 15 is 0 Å². The number of rotatable bonds is 3. The molecule has 2 aromatic rings. The van der Waals surface area contributed by atoms with Crippen LogP contribution in [0.5, 0.6) is 0 Å². The molecule has 0 bridgehead atoms. The molecule has 1 fully saturated rings. The van der Waals surface area contributed by atoms with Gasteiger partial charge in [0.25, 0.3) is 6.01 Å². The summed E-state index contributed by atoms with van der Waals surface area (Å²) in [6.07, 6.45) is 0. The van der Waals surface area contributed by atoms with Crippen LogP contribution in [0.4, 0.5) is 6.01 Å². The molecule has 0 aliphatic carbocycles. The highest BCUT2D eigenvalue weighted by molar-refractivity contribution is 5.74. The van der Waals surface area contributed by atoms with Crippen LogP contribution in [-0.4, -0.2) is 37.8 Å². The Morgan fingerprint density at radius 3 is 3.28 bits per heavy atom. The Morgan fingerprint density at radius 2 is 2.33 bits per heavy atom. The Bertz CT molecular complexity index is 471. The summed E-state index contributed by atoms with van der Waals surface area (Å²) in [5.41, 5.74) is 1.70. The number of aromatic nitrogens is 1. The predicted molar refractivity (Wildman–Crippen MR) is 69.7 cm³/mol. The van der Waals surface area contributed by atoms with Crippen LogP contribution >= 0.6 is 0 Å². The van der Waals surface area contributed by atoms with E-state index in [0.29, 0.717) is 11.9 Å². The molecule has 0 unspecified atom stereocenters. The van der Waals surface area contributed by atoms with Crippen molar-refractivity contribution in [1.82, 2.24) is 10.3 Å². The normalized spacial score (nSPS) is 20.8. The summed E-state index contributed by atoms with van der Waals surface area (Å²) in [5, 5.41) is 6.58. The number of benzene rings is 1. The molecule has 5 nitrogen and oxygen atoms in total. The zero-order valence-corrected chi connectivity index (χ0v) is 10.2. The molecule has 2 N–H and O–H groups in total. The fourth-order valence-electron chi connectivity index (χ4n) is 2.07. The van der Waals surface area contributed by atoms with Gasteiger partial charge < -0.3 is 19.8 Å². The highest BCUT2D eigenvalue weighted by Gasteiger charge is 2.13. The molecule has 1 aliphatic rings. The fraction of sp³-hybridized carbons (Fsp3) is 0.462. The average Bonchev–Trinajstić information content (AvgIpc) is 2.63. The first-order valence-electron chi connectivity index (χ1n) is 6.30. The zero-order chi connectivity index (χ0) is 12.2. The van der Waals surface area contributed by atoms with Crippen LogP contribution in [0.1, 0.15) is 0 Å². The largest absolute Gasteiger partial charge is 0.424 e. The first-order chi connectivity index (χ1) is 8.92. The van der Waals surface area contributed by atoms with Crippen LogP contribution in [0.25, 0.3) is 11.1 Å². The molecule has 96 valence electrons. The number of hydrogen-bond donors (Lipinski definition) is 2. The van der Waals surface area contributed by atoms with Gasteiger partial charge >= 0.3 is 0 Å². The standard InChI is InChI=1S/C13H17N3O2/c1-2-4-12-11(3-1)16-13(18-12)15-8-10-7-14-5-6-17-9-10/h1-4,10,14H,5-9H2,(H,15,16)/t10-/m1/s1. The van der Waals surface area contributed by atoms with Crippen molar-refractivity contribution in [3.8, 4) is 0 Å². The van der Waals surface area contributed by atoms with Gasteiger partial charge in [-0.1, -0.05) is 12.1 Å². The van der Waals surface area contributed by atoms with Crippen LogP contribution in [0.2, 0.25) is 0 Å². The number of hydrogen-bond acceptors (Lipinski definition) is 5. The molecule has 0 spiro atoms. The van der Waals surface area contributed by atoms with Crippen LogP contribution in [0.3, 0.4) is 0 Å². The summed E-state index contributed by atoms with van der Waals surface area (Å²) in [6, 6.07) is 8.35. The molecular weight excluding hydrogens is 230 g/mol. The predicted octanol–water partition coefficient (Wildman–Crippen LogP) is 1.48. The summed E-state index contributed by atoms with van der Waals surface area (Å²) in [4.78, 5) is 4.38. The molecule has 18 heavy (non-hydrogen) atoms. The third-order valence-electron chi connectivity index (χ3n) is 3.05. The van der Waals surface area contributed by atoms with E-state index in [4.69, 9.17) is 9.15 Å². The van der Waals surface area contributed by atoms with Crippen molar-refractivity contribution in [1.29, 1.82) is 0 Å². The van der Waals surface area contributed by atoms with E-state index in [1.54, 1.807) is 0 Å². The van der Waals surface area contributed by atoms with Crippen molar-refractivity contribution >= 4 is 17.1 Å². The van der Waals surface area contributed by atoms with Gasteiger partial charge in [-0.3, -0.25) is 0 Å². The Kier molecular flexibility index (Phi) is 3.43. The summed E-state index contributed by atoms with van der Waals surface area (Å²) >= 11 is 0. The van der Waals surface area contributed by atoms with E-state index in [1.807, 2.05) is 24.3 Å². The van der Waals surface area contributed by atoms with Gasteiger partial charge in [0.15, 0.2) is 5.58 Å². The number of nitrogens with zero attached hydrogens (tertiary/aromatic N) is 1. The van der Waals surface area contributed by atoms with Gasteiger partial charge in [-0.2, -0.15) is 4.98 Å². The maximum atomic E-state index is 5.61. The van der Waals surface area contributed by atoms with Gasteiger partial charge in [-0.15, -0.1) is 0 Å². The highest BCUT2D eigenvalue weighted by atomic mass is 16.5. The maximum absolute atomic E-state index is 5.61. The second kappa shape index (κ2) is 5.37. The quantitative estimate of drug-likeness (QED) is 0.860. The molecule has 5 heteroatoms. The van der Waals surface area contributed by atoms with Crippen molar-refractivity contribution in [3.05, 3.63) is 24.3 Å². The topological polar surface area (TPSA) is 59.3 Å². The summed E-state index contributed by atoms with van der Waals surface area (Å²) in [5.74, 6) is 0.447. The van der Waals surface area contributed by atoms with Crippen molar-refractivity contribution in [2.45, 2.75) is 0 Å². The molecule has 0 radical (unpaired) electrons. The first-order valence-corrected chi connectivity index (χ1v) is 6.30. The highest BCUT2D eigenvalue weighted by Crippen LogP contribution is 2.18. The lowest BCUT2D eigenvalue weighted by atomic mass is 10.1. The minimum absolute atomic E-state index is 0.447. The van der Waals surface area contributed by atoms with Gasteiger partial charge in [0.1, 0.15) is 5.52 Å². The van der Waals surface area contributed by atoms with Crippen molar-refractivity contribution in [2.24, 2.45) is 5.92 Å². The van der Waals surface area contributed by atoms with Crippen LogP contribution < -0.4 is 10.6 Å². The number of oxazole rings is 1. The van der Waals surface area contributed by atoms with Gasteiger partial charge in [0.05, 0.1) is 13.2 Å². The molecule has 1 aromatic carbocycles. The lowest BCUT2D eigenvalue weighted by Crippen LogP contribution is -2.28. The molecule has 1 aliphatic heterocycles. The monoisotopic (exact) mass is 247 g/mol. The summed E-state index contributed by atoms with van der Waals surface area (Å²) in [6.45, 7) is 4.27. The Hall–Kier alpha value is -1.59. The SMILES string of the molecule is c1ccc2oc(NC[C@H]3CNCCOC3)nc2c1. The fourth-order valence-corrected chi connectivity index (χ4v) is 2.07. The van der Waals surface area contributed by atoms with Crippen molar-refractivity contribution in [3.63, 3.8) is 0 Å². The Morgan fingerprint density at radius 1 is 1.39 bits per heavy atom. The number of nitrogens with one attached hydrogen (secondary N) is 2. The van der Waals surface area contributed by atoms with E-state index in [2.05, 4.69) is 15.6 Å². The summed E-state index contributed by atoms with van der Waals surface area (Å²) < 4.78 is 11.1. The number of ether oxygens (including phenoxy) is 1. The number of anilines is 1. The minimum atomic E-state index is 0.447. The molecule has 2 heterocycles. The van der Waals surface area contributed by atoms with E-state index in [-0.39, 0.29) is 0 Å². The van der Waals surface area contributed by atoms with Crippen molar-refractivity contribution in [2.75, 3.05) is 38.2 Å². The molecule has 0 amide bonds. The third kappa shape index (κ3) is 2.63. The Balaban J connectivity index is 1.61. The molecule has 0 saturated carbocycles. The van der Waals surface area contributed by atoms with Gasteiger partial charge in [0, 0.05) is 25.6 Å². The lowest BCUT2D eigenvalue weighted by Gasteiger charge is -2.13. The van der Waals surface area contributed by atoms with E-state index in [9.17, 15) is 0 Å². The number of fused-ring (bicyclic) bond motifs is 1. The molecule has 1 saturated heterocycles. The van der Waals surface area contributed by atoms with Gasteiger partial charge in [-0.05, 0) is 12.1 Å².